The van der Waals surface area contributed by atoms with Crippen LogP contribution in [0.3, 0.4) is 0 Å². The molecule has 0 bridgehead atoms. The molecule has 2 rings (SSSR count). The average molecular weight is 300 g/mol. The first-order valence-electron chi connectivity index (χ1n) is 7.32. The number of aryl methyl sites for hydroxylation is 1. The molecule has 116 valence electrons. The number of hydrogen-bond donors (Lipinski definition) is 2. The molecule has 0 radical (unpaired) electrons. The van der Waals surface area contributed by atoms with E-state index in [9.17, 15) is 9.59 Å². The van der Waals surface area contributed by atoms with Gasteiger partial charge in [0.15, 0.2) is 0 Å². The van der Waals surface area contributed by atoms with Crippen LogP contribution in [0.5, 0.6) is 0 Å². The lowest BCUT2D eigenvalue weighted by Gasteiger charge is -2.02. The Kier molecular flexibility index (Phi) is 5.36. The predicted octanol–water partition coefficient (Wildman–Crippen LogP) is 2.26. The highest BCUT2D eigenvalue weighted by Crippen LogP contribution is 2.27. The van der Waals surface area contributed by atoms with E-state index in [2.05, 4.69) is 10.6 Å². The van der Waals surface area contributed by atoms with Gasteiger partial charge in [0.1, 0.15) is 11.3 Å². The normalized spacial score (nSPS) is 11.0. The summed E-state index contributed by atoms with van der Waals surface area (Å²) in [5.41, 5.74) is 1.76. The molecule has 0 saturated carbocycles. The van der Waals surface area contributed by atoms with E-state index >= 15 is 0 Å². The van der Waals surface area contributed by atoms with Crippen LogP contribution in [0.15, 0.2) is 34.8 Å². The first-order chi connectivity index (χ1) is 10.6. The molecule has 2 N–H and O–H groups in total. The molecule has 2 amide bonds. The van der Waals surface area contributed by atoms with E-state index in [4.69, 9.17) is 4.42 Å². The molecule has 5 nitrogen and oxygen atoms in total. The van der Waals surface area contributed by atoms with Gasteiger partial charge in [-0.15, -0.1) is 0 Å². The molecule has 1 aromatic heterocycles. The summed E-state index contributed by atoms with van der Waals surface area (Å²) in [4.78, 5) is 22.5. The zero-order chi connectivity index (χ0) is 15.9. The lowest BCUT2D eigenvalue weighted by Crippen LogP contribution is -2.32. The number of carbonyl (C=O) groups excluding carboxylic acids is 2. The Balaban J connectivity index is 2.03. The maximum atomic E-state index is 11.8. The van der Waals surface area contributed by atoms with Crippen molar-refractivity contribution in [3.05, 3.63) is 41.7 Å². The quantitative estimate of drug-likeness (QED) is 0.635. The van der Waals surface area contributed by atoms with Crippen LogP contribution in [0.1, 0.15) is 25.2 Å². The number of nitrogens with one attached hydrogen (secondary N) is 2. The van der Waals surface area contributed by atoms with Crippen molar-refractivity contribution in [2.24, 2.45) is 0 Å². The van der Waals surface area contributed by atoms with Gasteiger partial charge in [0.05, 0.1) is 0 Å². The minimum Gasteiger partial charge on any atom is -0.460 e. The number of fused-ring (bicyclic) bond motifs is 1. The maximum absolute atomic E-state index is 11.8. The first kappa shape index (κ1) is 15.8. The van der Waals surface area contributed by atoms with Crippen LogP contribution in [0.4, 0.5) is 0 Å². The molecular formula is C17H20N2O3. The monoisotopic (exact) mass is 300 g/mol. The van der Waals surface area contributed by atoms with Crippen LogP contribution in [0, 0.1) is 0 Å². The zero-order valence-corrected chi connectivity index (χ0v) is 12.8. The second-order valence-corrected chi connectivity index (χ2v) is 4.90. The maximum Gasteiger partial charge on any atom is 0.244 e. The SMILES string of the molecule is CCc1oc2ccccc2c1/C=C/C(=O)NCCNC(C)=O. The molecule has 0 atom stereocenters. The topological polar surface area (TPSA) is 71.3 Å². The van der Waals surface area contributed by atoms with Crippen LogP contribution in [-0.4, -0.2) is 24.9 Å². The molecule has 0 aliphatic heterocycles. The van der Waals surface area contributed by atoms with Gasteiger partial charge in [-0.3, -0.25) is 9.59 Å². The molecule has 1 aromatic carbocycles. The van der Waals surface area contributed by atoms with E-state index < -0.39 is 0 Å². The highest BCUT2D eigenvalue weighted by atomic mass is 16.3. The molecule has 2 aromatic rings. The van der Waals surface area contributed by atoms with Crippen LogP contribution in [0.25, 0.3) is 17.0 Å². The fourth-order valence-corrected chi connectivity index (χ4v) is 2.20. The van der Waals surface area contributed by atoms with Gasteiger partial charge in [0.25, 0.3) is 0 Å². The van der Waals surface area contributed by atoms with Gasteiger partial charge < -0.3 is 15.1 Å². The number of hydrogen-bond acceptors (Lipinski definition) is 3. The van der Waals surface area contributed by atoms with Crippen LogP contribution in [-0.2, 0) is 16.0 Å². The number of para-hydroxylation sites is 1. The largest absolute Gasteiger partial charge is 0.460 e. The third-order valence-corrected chi connectivity index (χ3v) is 3.23. The van der Waals surface area contributed by atoms with Crippen LogP contribution < -0.4 is 10.6 Å². The summed E-state index contributed by atoms with van der Waals surface area (Å²) in [5, 5.41) is 6.34. The van der Waals surface area contributed by atoms with Crippen molar-refractivity contribution in [1.29, 1.82) is 0 Å². The Morgan fingerprint density at radius 2 is 1.91 bits per heavy atom. The molecule has 0 fully saturated rings. The lowest BCUT2D eigenvalue weighted by molar-refractivity contribution is -0.119. The van der Waals surface area contributed by atoms with Crippen molar-refractivity contribution in [3.8, 4) is 0 Å². The summed E-state index contributed by atoms with van der Waals surface area (Å²) in [7, 11) is 0. The first-order valence-corrected chi connectivity index (χ1v) is 7.32. The van der Waals surface area contributed by atoms with Crippen LogP contribution >= 0.6 is 0 Å². The molecular weight excluding hydrogens is 280 g/mol. The standard InChI is InChI=1S/C17H20N2O3/c1-3-15-14(13-6-4-5-7-16(13)22-15)8-9-17(21)19-11-10-18-12(2)20/h4-9H,3,10-11H2,1-2H3,(H,18,20)(H,19,21)/b9-8+. The highest BCUT2D eigenvalue weighted by molar-refractivity contribution is 5.96. The zero-order valence-electron chi connectivity index (χ0n) is 12.8. The van der Waals surface area contributed by atoms with E-state index in [1.165, 1.54) is 13.0 Å². The van der Waals surface area contributed by atoms with Crippen molar-refractivity contribution in [2.45, 2.75) is 20.3 Å². The number of amides is 2. The van der Waals surface area contributed by atoms with Gasteiger partial charge >= 0.3 is 0 Å². The van der Waals surface area contributed by atoms with Gasteiger partial charge in [-0.1, -0.05) is 25.1 Å². The van der Waals surface area contributed by atoms with Gasteiger partial charge in [-0.25, -0.2) is 0 Å². The summed E-state index contributed by atoms with van der Waals surface area (Å²) in [6, 6.07) is 7.77. The Morgan fingerprint density at radius 1 is 1.18 bits per heavy atom. The van der Waals surface area contributed by atoms with Crippen LogP contribution in [0.2, 0.25) is 0 Å². The van der Waals surface area contributed by atoms with Crippen molar-refractivity contribution < 1.29 is 14.0 Å². The second kappa shape index (κ2) is 7.45. The summed E-state index contributed by atoms with van der Waals surface area (Å²) < 4.78 is 5.78. The molecule has 22 heavy (non-hydrogen) atoms. The smallest absolute Gasteiger partial charge is 0.244 e. The Labute approximate surface area is 129 Å². The molecule has 5 heteroatoms. The van der Waals surface area contributed by atoms with Gasteiger partial charge in [0, 0.05) is 43.5 Å². The van der Waals surface area contributed by atoms with Crippen molar-refractivity contribution in [2.75, 3.05) is 13.1 Å². The van der Waals surface area contributed by atoms with Crippen molar-refractivity contribution in [3.63, 3.8) is 0 Å². The van der Waals surface area contributed by atoms with E-state index in [0.29, 0.717) is 13.1 Å². The third-order valence-electron chi connectivity index (χ3n) is 3.23. The van der Waals surface area contributed by atoms with E-state index in [0.717, 1.165) is 28.7 Å². The number of carbonyl (C=O) groups is 2. The third kappa shape index (κ3) is 3.97. The molecule has 1 heterocycles. The summed E-state index contributed by atoms with van der Waals surface area (Å²) in [6.45, 7) is 4.28. The van der Waals surface area contributed by atoms with Gasteiger partial charge in [-0.05, 0) is 12.1 Å². The predicted molar refractivity (Wildman–Crippen MR) is 86.3 cm³/mol. The molecule has 0 aliphatic carbocycles. The highest BCUT2D eigenvalue weighted by Gasteiger charge is 2.09. The Hall–Kier alpha value is -2.56. The Morgan fingerprint density at radius 3 is 2.64 bits per heavy atom. The summed E-state index contributed by atoms with van der Waals surface area (Å²) in [6.07, 6.45) is 4.03. The van der Waals surface area contributed by atoms with E-state index in [-0.39, 0.29) is 11.8 Å². The number of benzene rings is 1. The lowest BCUT2D eigenvalue weighted by atomic mass is 10.1. The average Bonchev–Trinajstić information content (AvgIpc) is 2.87. The second-order valence-electron chi connectivity index (χ2n) is 4.90. The molecule has 0 spiro atoms. The minimum atomic E-state index is -0.197. The minimum absolute atomic E-state index is 0.109. The van der Waals surface area contributed by atoms with E-state index in [1.807, 2.05) is 31.2 Å². The van der Waals surface area contributed by atoms with E-state index in [1.54, 1.807) is 6.08 Å². The fourth-order valence-electron chi connectivity index (χ4n) is 2.20. The van der Waals surface area contributed by atoms with Gasteiger partial charge in [-0.2, -0.15) is 0 Å². The number of furan rings is 1. The molecule has 0 aliphatic rings. The van der Waals surface area contributed by atoms with Crippen molar-refractivity contribution >= 4 is 28.9 Å². The summed E-state index contributed by atoms with van der Waals surface area (Å²) in [5.74, 6) is 0.559. The van der Waals surface area contributed by atoms with Gasteiger partial charge in [0.2, 0.25) is 11.8 Å². The number of rotatable bonds is 6. The summed E-state index contributed by atoms with van der Waals surface area (Å²) >= 11 is 0. The molecule has 0 unspecified atom stereocenters. The molecule has 0 saturated heterocycles. The Bertz CT molecular complexity index is 701. The fraction of sp³-hybridized carbons (Fsp3) is 0.294. The van der Waals surface area contributed by atoms with Crippen molar-refractivity contribution in [1.82, 2.24) is 10.6 Å².